The summed E-state index contributed by atoms with van der Waals surface area (Å²) >= 11 is 0. The van der Waals surface area contributed by atoms with Crippen LogP contribution in [-0.2, 0) is 0 Å². The van der Waals surface area contributed by atoms with E-state index in [0.29, 0.717) is 0 Å². The van der Waals surface area contributed by atoms with Crippen molar-refractivity contribution in [2.24, 2.45) is 0 Å². The van der Waals surface area contributed by atoms with Gasteiger partial charge in [-0.15, -0.1) is 0 Å². The standard InChI is InChI=1S/C7H16N.6FH/c1-3-8(2)6-4-5-7-8;;;;;;/h3-7H2,1-2H3;6*1H/q+1;;;;;;. The molecule has 7 heteroatoms. The molecule has 0 spiro atoms. The predicted molar refractivity (Wildman–Crippen MR) is 50.7 cm³/mol. The zero-order valence-corrected chi connectivity index (χ0v) is 8.43. The molecule has 0 unspecified atom stereocenters. The highest BCUT2D eigenvalue weighted by atomic mass is 19.0. The van der Waals surface area contributed by atoms with Gasteiger partial charge in [-0.3, -0.25) is 28.2 Å². The Morgan fingerprint density at radius 2 is 1.07 bits per heavy atom. The molecular formula is C7H22F6N+. The smallest absolute Gasteiger partial charge is 0.0786 e. The maximum absolute atomic E-state index is 2.35. The fourth-order valence-electron chi connectivity index (χ4n) is 1.42. The summed E-state index contributed by atoms with van der Waals surface area (Å²) in [5.41, 5.74) is 0. The Hall–Kier alpha value is -0.460. The second-order valence-corrected chi connectivity index (χ2v) is 3.09. The van der Waals surface area contributed by atoms with Crippen molar-refractivity contribution in [3.8, 4) is 0 Å². The highest BCUT2D eigenvalue weighted by Gasteiger charge is 2.23. The summed E-state index contributed by atoms with van der Waals surface area (Å²) in [6.45, 7) is 6.43. The monoisotopic (exact) mass is 234 g/mol. The van der Waals surface area contributed by atoms with E-state index in [0.717, 1.165) is 0 Å². The molecule has 0 aromatic heterocycles. The van der Waals surface area contributed by atoms with E-state index in [1.165, 1.54) is 37.0 Å². The SMILES string of the molecule is CC[N+]1(C)CCCC1.F.F.F.F.F.F. The molecule has 96 valence electrons. The van der Waals surface area contributed by atoms with Crippen LogP contribution in [0, 0.1) is 0 Å². The maximum atomic E-state index is 2.35. The molecule has 1 aliphatic rings. The molecule has 1 aliphatic heterocycles. The Balaban J connectivity index is -0.0000000267. The van der Waals surface area contributed by atoms with Crippen LogP contribution in [0.25, 0.3) is 0 Å². The largest absolute Gasteiger partial charge is 0.326 e. The van der Waals surface area contributed by atoms with E-state index in [1.54, 1.807) is 0 Å². The van der Waals surface area contributed by atoms with E-state index in [4.69, 9.17) is 0 Å². The summed E-state index contributed by atoms with van der Waals surface area (Å²) in [4.78, 5) is 0. The molecule has 1 fully saturated rings. The van der Waals surface area contributed by atoms with E-state index in [1.807, 2.05) is 0 Å². The zero-order chi connectivity index (χ0) is 6.04. The average molecular weight is 234 g/mol. The summed E-state index contributed by atoms with van der Waals surface area (Å²) in [6, 6.07) is 0. The minimum absolute atomic E-state index is 0. The quantitative estimate of drug-likeness (QED) is 0.482. The molecule has 0 aromatic carbocycles. The van der Waals surface area contributed by atoms with E-state index >= 15 is 0 Å². The van der Waals surface area contributed by atoms with Crippen LogP contribution in [0.1, 0.15) is 19.8 Å². The van der Waals surface area contributed by atoms with Gasteiger partial charge in [0.15, 0.2) is 0 Å². The highest BCUT2D eigenvalue weighted by Crippen LogP contribution is 2.14. The molecular weight excluding hydrogens is 212 g/mol. The molecule has 0 N–H and O–H groups in total. The first kappa shape index (κ1) is 37.5. The van der Waals surface area contributed by atoms with Crippen LogP contribution in [0.3, 0.4) is 0 Å². The topological polar surface area (TPSA) is 0 Å². The molecule has 1 heterocycles. The molecule has 1 saturated heterocycles. The summed E-state index contributed by atoms with van der Waals surface area (Å²) in [6.07, 6.45) is 2.90. The first-order chi connectivity index (χ1) is 3.77. The van der Waals surface area contributed by atoms with Gasteiger partial charge in [0, 0.05) is 12.8 Å². The van der Waals surface area contributed by atoms with Crippen LogP contribution in [-0.4, -0.2) is 31.2 Å². The lowest BCUT2D eigenvalue weighted by Gasteiger charge is -2.26. The molecule has 0 saturated carbocycles. The van der Waals surface area contributed by atoms with Gasteiger partial charge in [0.2, 0.25) is 0 Å². The molecule has 0 atom stereocenters. The Kier molecular flexibility index (Phi) is 40.2. The van der Waals surface area contributed by atoms with Gasteiger partial charge in [-0.2, -0.15) is 0 Å². The average Bonchev–Trinajstić information content (AvgIpc) is 2.17. The van der Waals surface area contributed by atoms with Crippen LogP contribution >= 0.6 is 0 Å². The molecule has 0 bridgehead atoms. The highest BCUT2D eigenvalue weighted by molar-refractivity contribution is 4.49. The van der Waals surface area contributed by atoms with Gasteiger partial charge in [0.1, 0.15) is 0 Å². The molecule has 0 amide bonds. The van der Waals surface area contributed by atoms with Crippen LogP contribution in [0.4, 0.5) is 28.2 Å². The van der Waals surface area contributed by atoms with Gasteiger partial charge in [-0.05, 0) is 6.92 Å². The Bertz CT molecular complexity index is 86.2. The Labute approximate surface area is 80.3 Å². The van der Waals surface area contributed by atoms with Gasteiger partial charge < -0.3 is 4.48 Å². The summed E-state index contributed by atoms with van der Waals surface area (Å²) < 4.78 is 1.32. The number of hydrogen-bond acceptors (Lipinski definition) is 0. The molecule has 0 aromatic rings. The predicted octanol–water partition coefficient (Wildman–Crippen LogP) is 2.16. The zero-order valence-electron chi connectivity index (χ0n) is 8.43. The Morgan fingerprint density at radius 3 is 1.21 bits per heavy atom. The van der Waals surface area contributed by atoms with Crippen LogP contribution in [0.2, 0.25) is 0 Å². The minimum Gasteiger partial charge on any atom is -0.326 e. The van der Waals surface area contributed by atoms with Gasteiger partial charge in [0.25, 0.3) is 0 Å². The normalized spacial score (nSPS) is 15.0. The third-order valence-electron chi connectivity index (χ3n) is 2.41. The third kappa shape index (κ3) is 9.63. The first-order valence-electron chi connectivity index (χ1n) is 3.60. The second-order valence-electron chi connectivity index (χ2n) is 3.09. The van der Waals surface area contributed by atoms with Crippen LogP contribution in [0.15, 0.2) is 0 Å². The van der Waals surface area contributed by atoms with E-state index in [-0.39, 0.29) is 28.2 Å². The fourth-order valence-corrected chi connectivity index (χ4v) is 1.42. The molecule has 1 rings (SSSR count). The summed E-state index contributed by atoms with van der Waals surface area (Å²) in [7, 11) is 2.35. The molecule has 0 aliphatic carbocycles. The first-order valence-corrected chi connectivity index (χ1v) is 3.60. The van der Waals surface area contributed by atoms with Crippen molar-refractivity contribution < 1.29 is 32.7 Å². The van der Waals surface area contributed by atoms with Crippen molar-refractivity contribution in [1.29, 1.82) is 0 Å². The van der Waals surface area contributed by atoms with E-state index in [2.05, 4.69) is 14.0 Å². The van der Waals surface area contributed by atoms with Crippen molar-refractivity contribution in [2.45, 2.75) is 19.8 Å². The summed E-state index contributed by atoms with van der Waals surface area (Å²) in [5.74, 6) is 0. The van der Waals surface area contributed by atoms with Crippen LogP contribution in [0.5, 0.6) is 0 Å². The van der Waals surface area contributed by atoms with Crippen molar-refractivity contribution >= 4 is 0 Å². The fraction of sp³-hybridized carbons (Fsp3) is 1.00. The third-order valence-corrected chi connectivity index (χ3v) is 2.41. The lowest BCUT2D eigenvalue weighted by molar-refractivity contribution is -0.895. The number of halogens is 6. The molecule has 1 nitrogen and oxygen atoms in total. The Morgan fingerprint density at radius 1 is 0.786 bits per heavy atom. The second kappa shape index (κ2) is 15.0. The summed E-state index contributed by atoms with van der Waals surface area (Å²) in [5, 5.41) is 0. The lowest BCUT2D eigenvalue weighted by atomic mass is 10.4. The minimum atomic E-state index is 0. The van der Waals surface area contributed by atoms with E-state index < -0.39 is 0 Å². The van der Waals surface area contributed by atoms with Crippen molar-refractivity contribution in [1.82, 2.24) is 0 Å². The van der Waals surface area contributed by atoms with Crippen LogP contribution < -0.4 is 0 Å². The van der Waals surface area contributed by atoms with Crippen molar-refractivity contribution in [3.63, 3.8) is 0 Å². The van der Waals surface area contributed by atoms with Crippen molar-refractivity contribution in [3.05, 3.63) is 0 Å². The number of quaternary nitrogens is 1. The lowest BCUT2D eigenvalue weighted by Crippen LogP contribution is -2.40. The van der Waals surface area contributed by atoms with Gasteiger partial charge in [-0.25, -0.2) is 0 Å². The number of hydrogen-bond donors (Lipinski definition) is 0. The maximum Gasteiger partial charge on any atom is 0.0786 e. The van der Waals surface area contributed by atoms with Crippen molar-refractivity contribution in [2.75, 3.05) is 26.7 Å². The number of nitrogens with zero attached hydrogens (tertiary/aromatic N) is 1. The van der Waals surface area contributed by atoms with Gasteiger partial charge in [-0.1, -0.05) is 0 Å². The van der Waals surface area contributed by atoms with E-state index in [9.17, 15) is 0 Å². The van der Waals surface area contributed by atoms with Gasteiger partial charge >= 0.3 is 0 Å². The molecule has 14 heavy (non-hydrogen) atoms. The van der Waals surface area contributed by atoms with Gasteiger partial charge in [0.05, 0.1) is 26.7 Å². The molecule has 0 radical (unpaired) electrons. The number of rotatable bonds is 1. The number of likely N-dealkylation sites (tertiary alicyclic amines) is 1.